The summed E-state index contributed by atoms with van der Waals surface area (Å²) in [4.78, 5) is 0. The molecular weight excluding hydrogens is 240 g/mol. The van der Waals surface area contributed by atoms with Crippen LogP contribution < -0.4 is 0 Å². The first-order chi connectivity index (χ1) is 7.74. The molecule has 0 atom stereocenters. The Morgan fingerprint density at radius 1 is 1.29 bits per heavy atom. The van der Waals surface area contributed by atoms with Gasteiger partial charge in [0.25, 0.3) is 0 Å². The minimum atomic E-state index is -4.59. The van der Waals surface area contributed by atoms with Crippen molar-refractivity contribution >= 4 is 0 Å². The highest BCUT2D eigenvalue weighted by Crippen LogP contribution is 2.29. The quantitative estimate of drug-likeness (QED) is 0.433. The zero-order valence-corrected chi connectivity index (χ0v) is 9.94. The molecule has 1 N–H and O–H groups in total. The summed E-state index contributed by atoms with van der Waals surface area (Å²) in [7, 11) is 0. The van der Waals surface area contributed by atoms with Gasteiger partial charge in [0.15, 0.2) is 5.76 Å². The zero-order valence-electron chi connectivity index (χ0n) is 9.94. The largest absolute Gasteiger partial charge is 0.504 e. The number of alkyl halides is 4. The molecule has 0 amide bonds. The molecule has 0 spiro atoms. The van der Waals surface area contributed by atoms with Gasteiger partial charge < -0.3 is 9.84 Å². The first-order valence-electron chi connectivity index (χ1n) is 5.18. The third-order valence-electron chi connectivity index (χ3n) is 2.06. The highest BCUT2D eigenvalue weighted by atomic mass is 19.3. The number of hydrogen-bond acceptors (Lipinski definition) is 2. The van der Waals surface area contributed by atoms with Crippen LogP contribution in [-0.4, -0.2) is 17.6 Å². The summed E-state index contributed by atoms with van der Waals surface area (Å²) in [6.45, 7) is 4.90. The first kappa shape index (κ1) is 15.8. The molecule has 0 aromatic rings. The van der Waals surface area contributed by atoms with Gasteiger partial charge in [-0.3, -0.25) is 0 Å². The molecule has 0 aliphatic heterocycles. The van der Waals surface area contributed by atoms with E-state index in [-0.39, 0.29) is 6.42 Å². The lowest BCUT2D eigenvalue weighted by Gasteiger charge is -2.18. The van der Waals surface area contributed by atoms with Crippen molar-refractivity contribution in [2.45, 2.75) is 46.1 Å². The van der Waals surface area contributed by atoms with Crippen LogP contribution in [0, 0.1) is 0 Å². The Bertz CT molecular complexity index is 309. The van der Waals surface area contributed by atoms with Crippen molar-refractivity contribution < 1.29 is 27.4 Å². The fourth-order valence-corrected chi connectivity index (χ4v) is 0.930. The van der Waals surface area contributed by atoms with Crippen molar-refractivity contribution in [3.63, 3.8) is 0 Å². The molecule has 0 aromatic heterocycles. The lowest BCUT2D eigenvalue weighted by Crippen LogP contribution is -2.30. The Morgan fingerprint density at radius 2 is 1.82 bits per heavy atom. The number of aliphatic hydroxyl groups is 1. The van der Waals surface area contributed by atoms with E-state index in [0.717, 1.165) is 5.57 Å². The summed E-state index contributed by atoms with van der Waals surface area (Å²) >= 11 is 0. The Kier molecular flexibility index (Phi) is 6.05. The van der Waals surface area contributed by atoms with Gasteiger partial charge in [-0.25, -0.2) is 0 Å². The van der Waals surface area contributed by atoms with Crippen LogP contribution >= 0.6 is 0 Å². The molecule has 2 nitrogen and oxygen atoms in total. The van der Waals surface area contributed by atoms with Crippen LogP contribution in [0.25, 0.3) is 0 Å². The van der Waals surface area contributed by atoms with Gasteiger partial charge in [0.1, 0.15) is 5.76 Å². The molecule has 6 heteroatoms. The van der Waals surface area contributed by atoms with Gasteiger partial charge in [-0.05, 0) is 19.4 Å². The van der Waals surface area contributed by atoms with E-state index < -0.39 is 24.1 Å². The van der Waals surface area contributed by atoms with Gasteiger partial charge in [0, 0.05) is 6.42 Å². The van der Waals surface area contributed by atoms with Crippen LogP contribution in [-0.2, 0) is 4.74 Å². The second-order valence-electron chi connectivity index (χ2n) is 3.47. The van der Waals surface area contributed by atoms with Crippen molar-refractivity contribution in [3.8, 4) is 0 Å². The van der Waals surface area contributed by atoms with Crippen LogP contribution in [0.5, 0.6) is 0 Å². The fraction of sp³-hybridized carbons (Fsp3) is 0.636. The lowest BCUT2D eigenvalue weighted by atomic mass is 10.2. The number of ether oxygens (including phenoxy) is 1. The molecule has 0 aromatic carbocycles. The maximum absolute atomic E-state index is 12.6. The van der Waals surface area contributed by atoms with E-state index in [9.17, 15) is 22.7 Å². The Hall–Kier alpha value is -1.20. The summed E-state index contributed by atoms with van der Waals surface area (Å²) < 4.78 is 52.9. The minimum absolute atomic E-state index is 0.109. The summed E-state index contributed by atoms with van der Waals surface area (Å²) in [5.41, 5.74) is 0.720. The molecule has 0 saturated carbocycles. The van der Waals surface area contributed by atoms with Crippen LogP contribution in [0.2, 0.25) is 0 Å². The van der Waals surface area contributed by atoms with Crippen molar-refractivity contribution in [1.82, 2.24) is 0 Å². The molecule has 0 aliphatic carbocycles. The number of hydrogen-bond donors (Lipinski definition) is 1. The number of allylic oxidation sites excluding steroid dienone is 3. The third-order valence-corrected chi connectivity index (χ3v) is 2.06. The monoisotopic (exact) mass is 256 g/mol. The highest BCUT2D eigenvalue weighted by molar-refractivity contribution is 5.19. The molecule has 0 saturated heterocycles. The Labute approximate surface area is 97.6 Å². The molecule has 17 heavy (non-hydrogen) atoms. The molecule has 0 rings (SSSR count). The molecule has 0 radical (unpaired) electrons. The fourth-order valence-electron chi connectivity index (χ4n) is 0.930. The van der Waals surface area contributed by atoms with Crippen LogP contribution in [0.1, 0.15) is 33.6 Å². The number of aliphatic hydroxyl groups excluding tert-OH is 1. The maximum Gasteiger partial charge on any atom is 0.461 e. The van der Waals surface area contributed by atoms with E-state index in [1.165, 1.54) is 13.0 Å². The van der Waals surface area contributed by atoms with E-state index in [4.69, 9.17) is 0 Å². The third kappa shape index (κ3) is 5.10. The summed E-state index contributed by atoms with van der Waals surface area (Å²) in [6, 6.07) is 0. The van der Waals surface area contributed by atoms with Crippen LogP contribution in [0.15, 0.2) is 23.2 Å². The van der Waals surface area contributed by atoms with E-state index >= 15 is 0 Å². The molecule has 0 bridgehead atoms. The maximum atomic E-state index is 12.6. The first-order valence-corrected chi connectivity index (χ1v) is 5.18. The predicted octanol–water partition coefficient (Wildman–Crippen LogP) is 4.40. The summed E-state index contributed by atoms with van der Waals surface area (Å²) in [5.74, 6) is -1.10. The molecule has 100 valence electrons. The molecule has 0 unspecified atom stereocenters. The van der Waals surface area contributed by atoms with Gasteiger partial charge in [-0.1, -0.05) is 19.4 Å². The smallest absolute Gasteiger partial charge is 0.461 e. The summed E-state index contributed by atoms with van der Waals surface area (Å²) in [6.07, 6.45) is -6.81. The van der Waals surface area contributed by atoms with Crippen LogP contribution in [0.3, 0.4) is 0 Å². The normalized spacial score (nSPS) is 14.9. The van der Waals surface area contributed by atoms with Gasteiger partial charge >= 0.3 is 12.5 Å². The topological polar surface area (TPSA) is 29.5 Å². The minimum Gasteiger partial charge on any atom is -0.504 e. The van der Waals surface area contributed by atoms with Crippen molar-refractivity contribution in [3.05, 3.63) is 23.2 Å². The van der Waals surface area contributed by atoms with Crippen molar-refractivity contribution in [2.75, 3.05) is 0 Å². The average Bonchev–Trinajstić information content (AvgIpc) is 2.25. The van der Waals surface area contributed by atoms with Gasteiger partial charge in [0.2, 0.25) is 0 Å². The Balaban J connectivity index is 5.02. The number of rotatable bonds is 6. The van der Waals surface area contributed by atoms with Crippen molar-refractivity contribution in [2.24, 2.45) is 0 Å². The van der Waals surface area contributed by atoms with E-state index in [1.807, 2.05) is 0 Å². The molecular formula is C11H16F4O2. The molecule has 0 aliphatic rings. The lowest BCUT2D eigenvalue weighted by molar-refractivity contribution is -0.283. The number of halogens is 4. The van der Waals surface area contributed by atoms with Crippen LogP contribution in [0.4, 0.5) is 17.6 Å². The summed E-state index contributed by atoms with van der Waals surface area (Å²) in [5, 5.41) is 9.46. The molecule has 0 heterocycles. The predicted molar refractivity (Wildman–Crippen MR) is 56.0 cm³/mol. The van der Waals surface area contributed by atoms with E-state index in [0.29, 0.717) is 6.42 Å². The van der Waals surface area contributed by atoms with Gasteiger partial charge in [-0.2, -0.15) is 17.6 Å². The van der Waals surface area contributed by atoms with Gasteiger partial charge in [0.05, 0.1) is 0 Å². The van der Waals surface area contributed by atoms with E-state index in [1.54, 1.807) is 13.8 Å². The van der Waals surface area contributed by atoms with Crippen molar-refractivity contribution in [1.29, 1.82) is 0 Å². The SMILES string of the molecule is CC/C(OC(F)(F)C(F)F)=C(O)\C=C(/C)CC. The van der Waals surface area contributed by atoms with Gasteiger partial charge in [-0.15, -0.1) is 0 Å². The second kappa shape index (κ2) is 6.51. The Morgan fingerprint density at radius 3 is 2.18 bits per heavy atom. The van der Waals surface area contributed by atoms with E-state index in [2.05, 4.69) is 4.74 Å². The highest BCUT2D eigenvalue weighted by Gasteiger charge is 2.44. The average molecular weight is 256 g/mol. The molecule has 0 fully saturated rings. The standard InChI is InChI=1S/C11H16F4O2/c1-4-7(3)6-8(16)9(5-2)17-11(14,15)10(12)13/h6,10,16H,4-5H2,1-3H3/b7-6+,9-8-. The zero-order chi connectivity index (χ0) is 13.6. The second-order valence-corrected chi connectivity index (χ2v) is 3.47.